The van der Waals surface area contributed by atoms with Crippen LogP contribution in [0.2, 0.25) is 0 Å². The lowest BCUT2D eigenvalue weighted by Crippen LogP contribution is -2.29. The second-order valence-corrected chi connectivity index (χ2v) is 5.64. The van der Waals surface area contributed by atoms with Crippen molar-refractivity contribution >= 4 is 5.69 Å². The molecule has 0 atom stereocenters. The molecule has 4 heteroatoms. The number of methoxy groups -OCH3 is 2. The summed E-state index contributed by atoms with van der Waals surface area (Å²) >= 11 is 0. The Balaban J connectivity index is 2.50. The third-order valence-corrected chi connectivity index (χ3v) is 3.64. The Morgan fingerprint density at radius 2 is 1.63 bits per heavy atom. The molecule has 0 saturated carbocycles. The van der Waals surface area contributed by atoms with Gasteiger partial charge < -0.3 is 20.1 Å². The van der Waals surface area contributed by atoms with Crippen molar-refractivity contribution in [2.45, 2.75) is 32.2 Å². The minimum Gasteiger partial charge on any atom is -0.496 e. The summed E-state index contributed by atoms with van der Waals surface area (Å²) in [5, 5.41) is 0. The van der Waals surface area contributed by atoms with Crippen molar-refractivity contribution in [3.8, 4) is 11.5 Å². The molecule has 0 aliphatic carbocycles. The average molecular weight is 264 g/mol. The highest BCUT2D eigenvalue weighted by Crippen LogP contribution is 2.40. The third-order valence-electron chi connectivity index (χ3n) is 3.64. The van der Waals surface area contributed by atoms with Crippen LogP contribution in [0, 0.1) is 0 Å². The summed E-state index contributed by atoms with van der Waals surface area (Å²) in [6, 6.07) is 4.06. The first-order valence-corrected chi connectivity index (χ1v) is 6.77. The van der Waals surface area contributed by atoms with Crippen molar-refractivity contribution in [3.63, 3.8) is 0 Å². The van der Waals surface area contributed by atoms with Crippen LogP contribution < -0.4 is 20.1 Å². The van der Waals surface area contributed by atoms with E-state index in [1.165, 1.54) is 12.8 Å². The quantitative estimate of drug-likeness (QED) is 0.907. The lowest BCUT2D eigenvalue weighted by atomic mass is 9.93. The van der Waals surface area contributed by atoms with E-state index in [9.17, 15) is 0 Å². The Kier molecular flexibility index (Phi) is 3.90. The Morgan fingerprint density at radius 3 is 2.11 bits per heavy atom. The highest BCUT2D eigenvalue weighted by Gasteiger charge is 2.25. The number of benzene rings is 1. The highest BCUT2D eigenvalue weighted by molar-refractivity contribution is 5.65. The molecule has 1 saturated heterocycles. The number of hydrogen-bond donors (Lipinski definition) is 1. The van der Waals surface area contributed by atoms with E-state index in [0.717, 1.165) is 35.8 Å². The first-order valence-electron chi connectivity index (χ1n) is 6.77. The van der Waals surface area contributed by atoms with Gasteiger partial charge in [-0.05, 0) is 32.8 Å². The summed E-state index contributed by atoms with van der Waals surface area (Å²) in [6.07, 6.45) is 2.46. The van der Waals surface area contributed by atoms with Gasteiger partial charge in [-0.2, -0.15) is 0 Å². The molecule has 0 unspecified atom stereocenters. The molecule has 1 heterocycles. The maximum absolute atomic E-state index is 6.21. The molecule has 1 aliphatic heterocycles. The van der Waals surface area contributed by atoms with Crippen LogP contribution in [0.25, 0.3) is 0 Å². The van der Waals surface area contributed by atoms with Crippen molar-refractivity contribution in [1.82, 2.24) is 0 Å². The zero-order chi connectivity index (χ0) is 14.0. The van der Waals surface area contributed by atoms with E-state index < -0.39 is 5.54 Å². The first-order chi connectivity index (χ1) is 8.97. The van der Waals surface area contributed by atoms with E-state index in [-0.39, 0.29) is 0 Å². The van der Waals surface area contributed by atoms with E-state index in [2.05, 4.69) is 4.90 Å². The maximum atomic E-state index is 6.21. The number of anilines is 1. The Morgan fingerprint density at radius 1 is 1.05 bits per heavy atom. The molecule has 2 N–H and O–H groups in total. The van der Waals surface area contributed by atoms with Gasteiger partial charge in [-0.25, -0.2) is 0 Å². The van der Waals surface area contributed by atoms with Gasteiger partial charge in [0.15, 0.2) is 0 Å². The summed E-state index contributed by atoms with van der Waals surface area (Å²) < 4.78 is 11.0. The Bertz CT molecular complexity index is 446. The minimum atomic E-state index is -0.456. The zero-order valence-corrected chi connectivity index (χ0v) is 12.3. The number of hydrogen-bond acceptors (Lipinski definition) is 4. The molecule has 0 spiro atoms. The molecule has 19 heavy (non-hydrogen) atoms. The van der Waals surface area contributed by atoms with Gasteiger partial charge in [0, 0.05) is 30.3 Å². The molecule has 1 aromatic carbocycles. The van der Waals surface area contributed by atoms with E-state index in [4.69, 9.17) is 15.2 Å². The van der Waals surface area contributed by atoms with Crippen LogP contribution in [0.1, 0.15) is 32.3 Å². The fourth-order valence-corrected chi connectivity index (χ4v) is 2.59. The van der Waals surface area contributed by atoms with Gasteiger partial charge in [-0.1, -0.05) is 0 Å². The first kappa shape index (κ1) is 14.0. The molecular formula is C15H24N2O2. The van der Waals surface area contributed by atoms with Gasteiger partial charge >= 0.3 is 0 Å². The number of rotatable bonds is 4. The van der Waals surface area contributed by atoms with Gasteiger partial charge in [0.1, 0.15) is 11.5 Å². The third kappa shape index (κ3) is 2.78. The molecule has 1 fully saturated rings. The standard InChI is InChI=1S/C15H24N2O2/c1-15(2,16)11-9-14(19-4)12(10-13(11)18-3)17-7-5-6-8-17/h9-10H,5-8,16H2,1-4H3. The van der Waals surface area contributed by atoms with Gasteiger partial charge in [-0.3, -0.25) is 0 Å². The zero-order valence-electron chi connectivity index (χ0n) is 12.3. The predicted molar refractivity (Wildman–Crippen MR) is 78.2 cm³/mol. The van der Waals surface area contributed by atoms with Gasteiger partial charge in [0.2, 0.25) is 0 Å². The van der Waals surface area contributed by atoms with Gasteiger partial charge in [0.25, 0.3) is 0 Å². The van der Waals surface area contributed by atoms with E-state index >= 15 is 0 Å². The largest absolute Gasteiger partial charge is 0.496 e. The van der Waals surface area contributed by atoms with Crippen LogP contribution in [0.15, 0.2) is 12.1 Å². The van der Waals surface area contributed by atoms with Crippen LogP contribution in [-0.2, 0) is 5.54 Å². The van der Waals surface area contributed by atoms with Gasteiger partial charge in [-0.15, -0.1) is 0 Å². The minimum absolute atomic E-state index is 0.456. The fourth-order valence-electron chi connectivity index (χ4n) is 2.59. The average Bonchev–Trinajstić information content (AvgIpc) is 2.89. The topological polar surface area (TPSA) is 47.7 Å². The van der Waals surface area contributed by atoms with E-state index in [1.54, 1.807) is 14.2 Å². The second-order valence-electron chi connectivity index (χ2n) is 5.64. The Labute approximate surface area is 115 Å². The monoisotopic (exact) mass is 264 g/mol. The van der Waals surface area contributed by atoms with Gasteiger partial charge in [0.05, 0.1) is 19.9 Å². The van der Waals surface area contributed by atoms with Crippen molar-refractivity contribution in [1.29, 1.82) is 0 Å². The fraction of sp³-hybridized carbons (Fsp3) is 0.600. The van der Waals surface area contributed by atoms with Crippen molar-refractivity contribution in [3.05, 3.63) is 17.7 Å². The summed E-state index contributed by atoms with van der Waals surface area (Å²) in [5.74, 6) is 1.70. The SMILES string of the molecule is COc1cc(C(C)(C)N)c(OC)cc1N1CCCC1. The molecule has 106 valence electrons. The number of nitrogens with two attached hydrogens (primary N) is 1. The molecule has 0 aromatic heterocycles. The number of ether oxygens (including phenoxy) is 2. The second kappa shape index (κ2) is 5.29. The number of nitrogens with zero attached hydrogens (tertiary/aromatic N) is 1. The maximum Gasteiger partial charge on any atom is 0.142 e. The van der Waals surface area contributed by atoms with Crippen molar-refractivity contribution in [2.75, 3.05) is 32.2 Å². The molecule has 0 bridgehead atoms. The summed E-state index contributed by atoms with van der Waals surface area (Å²) in [7, 11) is 3.39. The van der Waals surface area contributed by atoms with Crippen LogP contribution in [0.4, 0.5) is 5.69 Å². The summed E-state index contributed by atoms with van der Waals surface area (Å²) in [4.78, 5) is 2.34. The van der Waals surface area contributed by atoms with Crippen LogP contribution >= 0.6 is 0 Å². The van der Waals surface area contributed by atoms with Crippen LogP contribution in [0.5, 0.6) is 11.5 Å². The molecule has 4 nitrogen and oxygen atoms in total. The van der Waals surface area contributed by atoms with Crippen molar-refractivity contribution in [2.24, 2.45) is 5.73 Å². The van der Waals surface area contributed by atoms with Crippen molar-refractivity contribution < 1.29 is 9.47 Å². The molecule has 1 aliphatic rings. The lowest BCUT2D eigenvalue weighted by Gasteiger charge is -2.27. The Hall–Kier alpha value is -1.42. The molecule has 2 rings (SSSR count). The lowest BCUT2D eigenvalue weighted by molar-refractivity contribution is 0.385. The smallest absolute Gasteiger partial charge is 0.142 e. The van der Waals surface area contributed by atoms with E-state index in [0.29, 0.717) is 0 Å². The highest BCUT2D eigenvalue weighted by atomic mass is 16.5. The molecular weight excluding hydrogens is 240 g/mol. The predicted octanol–water partition coefficient (Wildman–Crippen LogP) is 2.50. The van der Waals surface area contributed by atoms with Crippen LogP contribution in [-0.4, -0.2) is 27.3 Å². The van der Waals surface area contributed by atoms with E-state index in [1.807, 2.05) is 26.0 Å². The molecule has 0 radical (unpaired) electrons. The summed E-state index contributed by atoms with van der Waals surface area (Å²) in [6.45, 7) is 6.09. The normalized spacial score (nSPS) is 15.7. The molecule has 1 aromatic rings. The summed E-state index contributed by atoms with van der Waals surface area (Å²) in [5.41, 5.74) is 7.82. The van der Waals surface area contributed by atoms with Crippen LogP contribution in [0.3, 0.4) is 0 Å². The molecule has 0 amide bonds.